The minimum Gasteiger partial charge on any atom is -0.465 e. The molecule has 0 aliphatic heterocycles. The Labute approximate surface area is 155 Å². The Morgan fingerprint density at radius 1 is 1.23 bits per heavy atom. The molecule has 1 amide bonds. The summed E-state index contributed by atoms with van der Waals surface area (Å²) in [5.74, 6) is 0. The lowest BCUT2D eigenvalue weighted by Gasteiger charge is -2.11. The standard InChI is InChI=1S/C17H16ClN3O4S/c18-15-8-10-19-16-14(15)11-12(5-4-9-20-17(22)23)21(16)26(24,25)13-6-2-1-3-7-13/h1-3,6-8,10-11,20H,4-5,9H2,(H,22,23). The molecule has 3 aromatic rings. The van der Waals surface area contributed by atoms with E-state index in [0.29, 0.717) is 28.9 Å². The number of benzene rings is 1. The number of pyridine rings is 1. The van der Waals surface area contributed by atoms with Crippen molar-refractivity contribution in [3.05, 3.63) is 59.4 Å². The number of hydrogen-bond donors (Lipinski definition) is 2. The van der Waals surface area contributed by atoms with E-state index in [1.807, 2.05) is 0 Å². The largest absolute Gasteiger partial charge is 0.465 e. The van der Waals surface area contributed by atoms with E-state index in [4.69, 9.17) is 16.7 Å². The van der Waals surface area contributed by atoms with E-state index in [2.05, 4.69) is 10.3 Å². The van der Waals surface area contributed by atoms with Crippen molar-refractivity contribution in [2.75, 3.05) is 6.54 Å². The summed E-state index contributed by atoms with van der Waals surface area (Å²) in [6.07, 6.45) is 1.12. The molecule has 0 unspecified atom stereocenters. The van der Waals surface area contributed by atoms with Crippen molar-refractivity contribution >= 4 is 38.8 Å². The number of halogens is 1. The summed E-state index contributed by atoms with van der Waals surface area (Å²) in [7, 11) is -3.86. The highest BCUT2D eigenvalue weighted by atomic mass is 35.5. The quantitative estimate of drug-likeness (QED) is 0.626. The number of aromatic nitrogens is 2. The SMILES string of the molecule is O=C(O)NCCCc1cc2c(Cl)ccnc2n1S(=O)(=O)c1ccccc1. The number of carboxylic acid groups (broad SMARTS) is 1. The van der Waals surface area contributed by atoms with Crippen molar-refractivity contribution in [3.8, 4) is 0 Å². The number of amides is 1. The van der Waals surface area contributed by atoms with Crippen molar-refractivity contribution in [1.82, 2.24) is 14.3 Å². The van der Waals surface area contributed by atoms with E-state index in [1.165, 1.54) is 22.3 Å². The molecule has 0 saturated heterocycles. The smallest absolute Gasteiger partial charge is 0.404 e. The van der Waals surface area contributed by atoms with Crippen molar-refractivity contribution < 1.29 is 18.3 Å². The molecule has 26 heavy (non-hydrogen) atoms. The van der Waals surface area contributed by atoms with Crippen LogP contribution < -0.4 is 5.32 Å². The topological polar surface area (TPSA) is 101 Å². The van der Waals surface area contributed by atoms with Gasteiger partial charge in [0.25, 0.3) is 10.0 Å². The first-order chi connectivity index (χ1) is 12.4. The highest BCUT2D eigenvalue weighted by Gasteiger charge is 2.24. The third-order valence-electron chi connectivity index (χ3n) is 3.85. The minimum absolute atomic E-state index is 0.143. The van der Waals surface area contributed by atoms with E-state index in [-0.39, 0.29) is 17.1 Å². The first-order valence-electron chi connectivity index (χ1n) is 7.83. The molecule has 9 heteroatoms. The van der Waals surface area contributed by atoms with Gasteiger partial charge in [-0.2, -0.15) is 0 Å². The van der Waals surface area contributed by atoms with Crippen LogP contribution in [0.1, 0.15) is 12.1 Å². The van der Waals surface area contributed by atoms with Crippen LogP contribution in [0.5, 0.6) is 0 Å². The molecular weight excluding hydrogens is 378 g/mol. The second-order valence-electron chi connectivity index (χ2n) is 5.58. The molecule has 0 aliphatic carbocycles. The highest BCUT2D eigenvalue weighted by molar-refractivity contribution is 7.90. The molecule has 2 aromatic heterocycles. The second kappa shape index (κ2) is 7.35. The van der Waals surface area contributed by atoms with Crippen molar-refractivity contribution in [3.63, 3.8) is 0 Å². The molecule has 7 nitrogen and oxygen atoms in total. The number of rotatable bonds is 6. The van der Waals surface area contributed by atoms with Crippen molar-refractivity contribution in [1.29, 1.82) is 0 Å². The first-order valence-corrected chi connectivity index (χ1v) is 9.65. The number of hydrogen-bond acceptors (Lipinski definition) is 4. The Morgan fingerprint density at radius 2 is 1.96 bits per heavy atom. The number of nitrogens with one attached hydrogen (secondary N) is 1. The van der Waals surface area contributed by atoms with Gasteiger partial charge >= 0.3 is 6.09 Å². The molecule has 2 N–H and O–H groups in total. The van der Waals surface area contributed by atoms with Crippen molar-refractivity contribution in [2.24, 2.45) is 0 Å². The van der Waals surface area contributed by atoms with Gasteiger partial charge < -0.3 is 10.4 Å². The molecule has 0 atom stereocenters. The fraction of sp³-hybridized carbons (Fsp3) is 0.176. The minimum atomic E-state index is -3.86. The molecule has 0 bridgehead atoms. The van der Waals surface area contributed by atoms with Crippen LogP contribution in [0.4, 0.5) is 4.79 Å². The average Bonchev–Trinajstić information content (AvgIpc) is 3.00. The van der Waals surface area contributed by atoms with Crippen LogP contribution in [0.15, 0.2) is 53.6 Å². The van der Waals surface area contributed by atoms with E-state index in [1.54, 1.807) is 30.3 Å². The summed E-state index contributed by atoms with van der Waals surface area (Å²) in [5.41, 5.74) is 0.749. The lowest BCUT2D eigenvalue weighted by Crippen LogP contribution is -2.23. The van der Waals surface area contributed by atoms with E-state index < -0.39 is 16.1 Å². The Balaban J connectivity index is 2.08. The average molecular weight is 394 g/mol. The zero-order valence-corrected chi connectivity index (χ0v) is 15.2. The van der Waals surface area contributed by atoms with Gasteiger partial charge in [-0.3, -0.25) is 0 Å². The van der Waals surface area contributed by atoms with Gasteiger partial charge in [-0.15, -0.1) is 0 Å². The van der Waals surface area contributed by atoms with Gasteiger partial charge in [-0.25, -0.2) is 22.2 Å². The molecule has 0 spiro atoms. The van der Waals surface area contributed by atoms with Crippen molar-refractivity contribution in [2.45, 2.75) is 17.7 Å². The molecule has 0 radical (unpaired) electrons. The van der Waals surface area contributed by atoms with Gasteiger partial charge in [0.1, 0.15) is 0 Å². The summed E-state index contributed by atoms with van der Waals surface area (Å²) in [4.78, 5) is 14.9. The lowest BCUT2D eigenvalue weighted by molar-refractivity contribution is 0.194. The van der Waals surface area contributed by atoms with Crippen LogP contribution >= 0.6 is 11.6 Å². The van der Waals surface area contributed by atoms with Gasteiger partial charge in [0, 0.05) is 23.8 Å². The van der Waals surface area contributed by atoms with E-state index in [0.717, 1.165) is 0 Å². The predicted octanol–water partition coefficient (Wildman–Crippen LogP) is 3.13. The molecule has 2 heterocycles. The molecule has 0 saturated carbocycles. The fourth-order valence-corrected chi connectivity index (χ4v) is 4.43. The van der Waals surface area contributed by atoms with E-state index in [9.17, 15) is 13.2 Å². The lowest BCUT2D eigenvalue weighted by atomic mass is 10.2. The van der Waals surface area contributed by atoms with Gasteiger partial charge in [0.2, 0.25) is 0 Å². The molecule has 0 fully saturated rings. The number of fused-ring (bicyclic) bond motifs is 1. The van der Waals surface area contributed by atoms with Crippen LogP contribution in [-0.2, 0) is 16.4 Å². The van der Waals surface area contributed by atoms with Crippen LogP contribution in [0, 0.1) is 0 Å². The molecular formula is C17H16ClN3O4S. The third-order valence-corrected chi connectivity index (χ3v) is 5.93. The Kier molecular flexibility index (Phi) is 5.15. The van der Waals surface area contributed by atoms with Crippen LogP contribution in [0.25, 0.3) is 11.0 Å². The van der Waals surface area contributed by atoms with Crippen LogP contribution in [-0.4, -0.2) is 35.1 Å². The van der Waals surface area contributed by atoms with E-state index >= 15 is 0 Å². The first kappa shape index (κ1) is 18.2. The number of carbonyl (C=O) groups is 1. The summed E-state index contributed by atoms with van der Waals surface area (Å²) in [6, 6.07) is 11.3. The molecule has 1 aromatic carbocycles. The molecule has 3 rings (SSSR count). The molecule has 136 valence electrons. The summed E-state index contributed by atoms with van der Waals surface area (Å²) in [5, 5.41) is 11.9. The summed E-state index contributed by atoms with van der Waals surface area (Å²) < 4.78 is 27.5. The Morgan fingerprint density at radius 3 is 2.65 bits per heavy atom. The third kappa shape index (κ3) is 3.51. The predicted molar refractivity (Wildman–Crippen MR) is 98.1 cm³/mol. The normalized spacial score (nSPS) is 11.6. The monoisotopic (exact) mass is 393 g/mol. The maximum absolute atomic E-state index is 13.2. The summed E-state index contributed by atoms with van der Waals surface area (Å²) >= 11 is 6.20. The molecule has 0 aliphatic rings. The Hall–Kier alpha value is -2.58. The fourth-order valence-electron chi connectivity index (χ4n) is 2.70. The van der Waals surface area contributed by atoms with Crippen LogP contribution in [0.2, 0.25) is 5.02 Å². The van der Waals surface area contributed by atoms with Gasteiger partial charge in [-0.05, 0) is 37.1 Å². The maximum Gasteiger partial charge on any atom is 0.404 e. The van der Waals surface area contributed by atoms with Crippen LogP contribution in [0.3, 0.4) is 0 Å². The zero-order valence-electron chi connectivity index (χ0n) is 13.6. The maximum atomic E-state index is 13.2. The highest BCUT2D eigenvalue weighted by Crippen LogP contribution is 2.29. The van der Waals surface area contributed by atoms with Gasteiger partial charge in [0.15, 0.2) is 5.65 Å². The Bertz CT molecular complexity index is 1050. The van der Waals surface area contributed by atoms with Gasteiger partial charge in [-0.1, -0.05) is 29.8 Å². The summed E-state index contributed by atoms with van der Waals surface area (Å²) in [6.45, 7) is 0.212. The zero-order chi connectivity index (χ0) is 18.7. The second-order valence-corrected chi connectivity index (χ2v) is 7.78. The van der Waals surface area contributed by atoms with Gasteiger partial charge in [0.05, 0.1) is 9.92 Å². The number of nitrogens with zero attached hydrogens (tertiary/aromatic N) is 2. The number of aryl methyl sites for hydroxylation is 1.